The summed E-state index contributed by atoms with van der Waals surface area (Å²) < 4.78 is 1.81. The van der Waals surface area contributed by atoms with Crippen LogP contribution in [0.25, 0.3) is 10.9 Å². The molecule has 1 atom stereocenters. The molecule has 1 unspecified atom stereocenters. The van der Waals surface area contributed by atoms with Gasteiger partial charge in [0.2, 0.25) is 5.96 Å². The Hall–Kier alpha value is -2.38. The summed E-state index contributed by atoms with van der Waals surface area (Å²) >= 11 is 0. The third-order valence-corrected chi connectivity index (χ3v) is 4.94. The summed E-state index contributed by atoms with van der Waals surface area (Å²) in [5.74, 6) is 0.636. The first-order valence-electron chi connectivity index (χ1n) is 8.91. The Balaban J connectivity index is 1.52. The van der Waals surface area contributed by atoms with Crippen LogP contribution in [-0.4, -0.2) is 21.8 Å². The molecule has 0 saturated heterocycles. The Morgan fingerprint density at radius 3 is 2.96 bits per heavy atom. The van der Waals surface area contributed by atoms with Gasteiger partial charge in [-0.3, -0.25) is 15.8 Å². The number of nitrogens with two attached hydrogens (primary N) is 1. The lowest BCUT2D eigenvalue weighted by atomic mass is 9.96. The molecule has 1 aromatic carbocycles. The number of fused-ring (bicyclic) bond motifs is 1. The molecule has 25 heavy (non-hydrogen) atoms. The topological polar surface area (TPSA) is 92.3 Å². The summed E-state index contributed by atoms with van der Waals surface area (Å²) in [5, 5.41) is 8.67. The molecule has 7 nitrogen and oxygen atoms in total. The van der Waals surface area contributed by atoms with Gasteiger partial charge in [-0.05, 0) is 25.0 Å². The van der Waals surface area contributed by atoms with Gasteiger partial charge in [-0.2, -0.15) is 5.10 Å². The molecule has 132 valence electrons. The SMILES string of the molecule is Cn1cc2ccc(C3(N)C=CNC(NNC4CCCCC4)=N3)cc2n1. The van der Waals surface area contributed by atoms with Crippen molar-refractivity contribution in [2.75, 3.05) is 0 Å². The number of aromatic nitrogens is 2. The molecule has 0 amide bonds. The Kier molecular flexibility index (Phi) is 4.19. The van der Waals surface area contributed by atoms with E-state index in [1.54, 1.807) is 4.68 Å². The number of guanidine groups is 1. The molecule has 0 bridgehead atoms. The van der Waals surface area contributed by atoms with E-state index in [1.165, 1.54) is 32.1 Å². The second-order valence-corrected chi connectivity index (χ2v) is 6.94. The summed E-state index contributed by atoms with van der Waals surface area (Å²) in [6.07, 6.45) is 12.0. The van der Waals surface area contributed by atoms with Crippen molar-refractivity contribution in [2.24, 2.45) is 17.8 Å². The van der Waals surface area contributed by atoms with Crippen molar-refractivity contribution in [2.45, 2.75) is 43.8 Å². The van der Waals surface area contributed by atoms with Gasteiger partial charge in [-0.1, -0.05) is 31.4 Å². The third kappa shape index (κ3) is 3.38. The average molecular weight is 339 g/mol. The Morgan fingerprint density at radius 1 is 1.28 bits per heavy atom. The molecule has 1 aliphatic carbocycles. The fourth-order valence-electron chi connectivity index (χ4n) is 3.53. The van der Waals surface area contributed by atoms with E-state index < -0.39 is 5.66 Å². The van der Waals surface area contributed by atoms with Crippen LogP contribution in [0.3, 0.4) is 0 Å². The maximum atomic E-state index is 6.56. The second kappa shape index (κ2) is 6.50. The first-order valence-corrected chi connectivity index (χ1v) is 8.91. The van der Waals surface area contributed by atoms with E-state index in [9.17, 15) is 0 Å². The van der Waals surface area contributed by atoms with Gasteiger partial charge >= 0.3 is 0 Å². The first-order chi connectivity index (χ1) is 12.1. The van der Waals surface area contributed by atoms with Crippen LogP contribution in [-0.2, 0) is 12.7 Å². The summed E-state index contributed by atoms with van der Waals surface area (Å²) in [7, 11) is 1.92. The van der Waals surface area contributed by atoms with Crippen LogP contribution in [0, 0.1) is 0 Å². The van der Waals surface area contributed by atoms with Gasteiger partial charge in [0.15, 0.2) is 5.66 Å². The van der Waals surface area contributed by atoms with E-state index >= 15 is 0 Å². The summed E-state index contributed by atoms with van der Waals surface area (Å²) in [6.45, 7) is 0. The zero-order valence-corrected chi connectivity index (χ0v) is 14.5. The van der Waals surface area contributed by atoms with E-state index in [1.807, 2.05) is 43.7 Å². The molecule has 5 N–H and O–H groups in total. The van der Waals surface area contributed by atoms with Gasteiger partial charge in [-0.25, -0.2) is 10.4 Å². The molecule has 1 aromatic heterocycles. The van der Waals surface area contributed by atoms with Gasteiger partial charge in [-0.15, -0.1) is 0 Å². The van der Waals surface area contributed by atoms with Crippen molar-refractivity contribution in [3.05, 3.63) is 42.2 Å². The summed E-state index contributed by atoms with van der Waals surface area (Å²) in [4.78, 5) is 4.67. The lowest BCUT2D eigenvalue weighted by Crippen LogP contribution is -2.52. The van der Waals surface area contributed by atoms with Crippen LogP contribution in [0.5, 0.6) is 0 Å². The molecule has 4 rings (SSSR count). The van der Waals surface area contributed by atoms with Crippen LogP contribution in [0.2, 0.25) is 0 Å². The highest BCUT2D eigenvalue weighted by Crippen LogP contribution is 2.26. The third-order valence-electron chi connectivity index (χ3n) is 4.94. The molecule has 0 spiro atoms. The van der Waals surface area contributed by atoms with Gasteiger partial charge < -0.3 is 5.32 Å². The van der Waals surface area contributed by atoms with Gasteiger partial charge in [0.25, 0.3) is 0 Å². The molecular formula is C18H25N7. The number of benzene rings is 1. The Labute approximate surface area is 147 Å². The van der Waals surface area contributed by atoms with Gasteiger partial charge in [0, 0.05) is 36.4 Å². The minimum Gasteiger partial charge on any atom is -0.332 e. The lowest BCUT2D eigenvalue weighted by Gasteiger charge is -2.29. The van der Waals surface area contributed by atoms with Gasteiger partial charge in [0.05, 0.1) is 5.52 Å². The highest BCUT2D eigenvalue weighted by Gasteiger charge is 2.27. The van der Waals surface area contributed by atoms with E-state index in [4.69, 9.17) is 5.73 Å². The monoisotopic (exact) mass is 339 g/mol. The fourth-order valence-corrected chi connectivity index (χ4v) is 3.53. The van der Waals surface area contributed by atoms with Crippen molar-refractivity contribution in [1.29, 1.82) is 0 Å². The first kappa shape index (κ1) is 16.1. The number of hydrazine groups is 1. The number of aryl methyl sites for hydroxylation is 1. The van der Waals surface area contributed by atoms with E-state index in [0.29, 0.717) is 12.0 Å². The zero-order chi connectivity index (χ0) is 17.3. The summed E-state index contributed by atoms with van der Waals surface area (Å²) in [6, 6.07) is 6.53. The van der Waals surface area contributed by atoms with Crippen LogP contribution < -0.4 is 21.9 Å². The highest BCUT2D eigenvalue weighted by molar-refractivity contribution is 5.83. The van der Waals surface area contributed by atoms with E-state index in [0.717, 1.165) is 16.5 Å². The standard InChI is InChI=1S/C18H25N7/c1-25-12-13-7-8-14(11-16(13)24-25)18(19)9-10-20-17(21-18)23-22-15-5-3-2-4-6-15/h7-12,15,22H,2-6,19H2,1H3,(H2,20,21,23). The van der Waals surface area contributed by atoms with Crippen molar-refractivity contribution in [3.63, 3.8) is 0 Å². The Morgan fingerprint density at radius 2 is 2.12 bits per heavy atom. The normalized spacial score (nSPS) is 24.2. The molecule has 1 saturated carbocycles. The largest absolute Gasteiger partial charge is 0.332 e. The second-order valence-electron chi connectivity index (χ2n) is 6.94. The number of aliphatic imine (C=N–C) groups is 1. The predicted octanol–water partition coefficient (Wildman–Crippen LogP) is 1.58. The fraction of sp³-hybridized carbons (Fsp3) is 0.444. The minimum atomic E-state index is -0.909. The lowest BCUT2D eigenvalue weighted by molar-refractivity contribution is 0.358. The van der Waals surface area contributed by atoms with E-state index in [-0.39, 0.29) is 0 Å². The number of rotatable bonds is 3. The quantitative estimate of drug-likeness (QED) is 0.637. The maximum Gasteiger partial charge on any atom is 0.212 e. The molecule has 2 aromatic rings. The molecular weight excluding hydrogens is 314 g/mol. The van der Waals surface area contributed by atoms with Gasteiger partial charge in [0.1, 0.15) is 0 Å². The molecule has 2 heterocycles. The van der Waals surface area contributed by atoms with Crippen molar-refractivity contribution < 1.29 is 0 Å². The highest BCUT2D eigenvalue weighted by atomic mass is 15.4. The Bertz CT molecular complexity index is 816. The summed E-state index contributed by atoms with van der Waals surface area (Å²) in [5.41, 5.74) is 14.0. The smallest absolute Gasteiger partial charge is 0.212 e. The number of hydrogen-bond acceptors (Lipinski definition) is 6. The molecule has 1 fully saturated rings. The van der Waals surface area contributed by atoms with Crippen LogP contribution >= 0.6 is 0 Å². The number of hydrogen-bond donors (Lipinski definition) is 4. The van der Waals surface area contributed by atoms with Crippen LogP contribution in [0.4, 0.5) is 0 Å². The molecule has 0 radical (unpaired) electrons. The minimum absolute atomic E-state index is 0.487. The number of nitrogens with one attached hydrogen (secondary N) is 3. The van der Waals surface area contributed by atoms with Crippen LogP contribution in [0.15, 0.2) is 41.7 Å². The molecule has 2 aliphatic rings. The molecule has 7 heteroatoms. The molecule has 1 aliphatic heterocycles. The zero-order valence-electron chi connectivity index (χ0n) is 14.5. The average Bonchev–Trinajstić information content (AvgIpc) is 3.00. The van der Waals surface area contributed by atoms with E-state index in [2.05, 4.69) is 26.3 Å². The number of nitrogens with zero attached hydrogens (tertiary/aromatic N) is 3. The van der Waals surface area contributed by atoms with Crippen molar-refractivity contribution in [1.82, 2.24) is 25.9 Å². The maximum absolute atomic E-state index is 6.56. The van der Waals surface area contributed by atoms with Crippen LogP contribution in [0.1, 0.15) is 37.7 Å². The van der Waals surface area contributed by atoms with Crippen molar-refractivity contribution >= 4 is 16.9 Å². The van der Waals surface area contributed by atoms with Crippen molar-refractivity contribution in [3.8, 4) is 0 Å². The predicted molar refractivity (Wildman–Crippen MR) is 99.4 cm³/mol.